The van der Waals surface area contributed by atoms with Crippen LogP contribution in [0.1, 0.15) is 41.0 Å². The lowest BCUT2D eigenvalue weighted by atomic mass is 10.0. The van der Waals surface area contributed by atoms with Crippen LogP contribution in [0.15, 0.2) is 0 Å². The lowest BCUT2D eigenvalue weighted by Crippen LogP contribution is -2.54. The van der Waals surface area contributed by atoms with Crippen LogP contribution in [0.4, 0.5) is 0 Å². The maximum absolute atomic E-state index is 11.9. The van der Waals surface area contributed by atoms with Crippen molar-refractivity contribution in [2.24, 2.45) is 5.92 Å². The predicted octanol–water partition coefficient (Wildman–Crippen LogP) is 1.98. The van der Waals surface area contributed by atoms with Gasteiger partial charge in [0.2, 0.25) is 5.91 Å². The van der Waals surface area contributed by atoms with E-state index in [-0.39, 0.29) is 5.54 Å². The molecule has 1 saturated heterocycles. The molecule has 3 heteroatoms. The Morgan fingerprint density at radius 1 is 1.12 bits per heavy atom. The summed E-state index contributed by atoms with van der Waals surface area (Å²) in [6, 6.07) is 0. The van der Waals surface area contributed by atoms with Gasteiger partial charge in [-0.05, 0) is 26.7 Å². The van der Waals surface area contributed by atoms with Crippen LogP contribution in [0.2, 0.25) is 0 Å². The van der Waals surface area contributed by atoms with Crippen LogP contribution >= 0.6 is 0 Å². The van der Waals surface area contributed by atoms with Crippen LogP contribution < -0.4 is 0 Å². The van der Waals surface area contributed by atoms with E-state index in [4.69, 9.17) is 0 Å². The minimum Gasteiger partial charge on any atom is -0.340 e. The highest BCUT2D eigenvalue weighted by molar-refractivity contribution is 5.76. The smallest absolute Gasteiger partial charge is 0.222 e. The first-order valence-electron chi connectivity index (χ1n) is 6.33. The van der Waals surface area contributed by atoms with Gasteiger partial charge in [0.15, 0.2) is 0 Å². The molecular weight excluding hydrogens is 200 g/mol. The summed E-state index contributed by atoms with van der Waals surface area (Å²) in [5.74, 6) is 0.789. The van der Waals surface area contributed by atoms with Crippen LogP contribution in [0, 0.1) is 5.92 Å². The highest BCUT2D eigenvalue weighted by atomic mass is 16.2. The second kappa shape index (κ2) is 5.17. The fourth-order valence-corrected chi connectivity index (χ4v) is 2.11. The quantitative estimate of drug-likeness (QED) is 0.719. The summed E-state index contributed by atoms with van der Waals surface area (Å²) in [4.78, 5) is 16.3. The Kier molecular flexibility index (Phi) is 4.36. The van der Waals surface area contributed by atoms with Crippen LogP contribution in [0.25, 0.3) is 0 Å². The molecule has 1 fully saturated rings. The number of hydrogen-bond acceptors (Lipinski definition) is 2. The third-order valence-corrected chi connectivity index (χ3v) is 3.16. The van der Waals surface area contributed by atoms with E-state index in [9.17, 15) is 4.79 Å². The van der Waals surface area contributed by atoms with E-state index in [2.05, 4.69) is 39.5 Å². The molecule has 0 aromatic carbocycles. The van der Waals surface area contributed by atoms with Crippen molar-refractivity contribution < 1.29 is 4.79 Å². The molecule has 1 amide bonds. The first kappa shape index (κ1) is 13.5. The summed E-state index contributed by atoms with van der Waals surface area (Å²) >= 11 is 0. The Morgan fingerprint density at radius 3 is 2.00 bits per heavy atom. The number of amides is 1. The molecule has 0 bridgehead atoms. The summed E-state index contributed by atoms with van der Waals surface area (Å²) in [6.07, 6.45) is 0.690. The number of nitrogens with zero attached hydrogens (tertiary/aromatic N) is 2. The molecule has 0 aliphatic carbocycles. The zero-order chi connectivity index (χ0) is 12.3. The normalized spacial score (nSPS) is 19.2. The van der Waals surface area contributed by atoms with Crippen LogP contribution in [0.5, 0.6) is 0 Å². The molecule has 1 aliphatic rings. The summed E-state index contributed by atoms with van der Waals surface area (Å²) in [5.41, 5.74) is 0.229. The van der Waals surface area contributed by atoms with E-state index < -0.39 is 0 Å². The van der Waals surface area contributed by atoms with E-state index in [1.54, 1.807) is 0 Å². The van der Waals surface area contributed by atoms with Gasteiger partial charge in [-0.3, -0.25) is 9.69 Å². The zero-order valence-electron chi connectivity index (χ0n) is 11.4. The van der Waals surface area contributed by atoms with Crippen molar-refractivity contribution in [1.29, 1.82) is 0 Å². The average molecular weight is 226 g/mol. The molecule has 0 spiro atoms. The Morgan fingerprint density at radius 2 is 1.62 bits per heavy atom. The summed E-state index contributed by atoms with van der Waals surface area (Å²) in [7, 11) is 0. The maximum Gasteiger partial charge on any atom is 0.222 e. The second-order valence-electron chi connectivity index (χ2n) is 6.14. The van der Waals surface area contributed by atoms with Crippen molar-refractivity contribution in [2.75, 3.05) is 26.2 Å². The zero-order valence-corrected chi connectivity index (χ0v) is 11.4. The summed E-state index contributed by atoms with van der Waals surface area (Å²) < 4.78 is 0. The molecule has 0 saturated carbocycles. The second-order valence-corrected chi connectivity index (χ2v) is 6.14. The van der Waals surface area contributed by atoms with Crippen molar-refractivity contribution in [2.45, 2.75) is 46.6 Å². The molecule has 0 radical (unpaired) electrons. The lowest BCUT2D eigenvalue weighted by Gasteiger charge is -2.42. The number of carbonyl (C=O) groups excluding carboxylic acids is 1. The molecule has 94 valence electrons. The van der Waals surface area contributed by atoms with Crippen molar-refractivity contribution in [3.63, 3.8) is 0 Å². The fraction of sp³-hybridized carbons (Fsp3) is 0.923. The lowest BCUT2D eigenvalue weighted by molar-refractivity contribution is -0.134. The van der Waals surface area contributed by atoms with Crippen molar-refractivity contribution in [1.82, 2.24) is 9.80 Å². The van der Waals surface area contributed by atoms with Gasteiger partial charge in [-0.15, -0.1) is 0 Å². The molecular formula is C13H26N2O. The molecule has 0 atom stereocenters. The molecule has 3 nitrogen and oxygen atoms in total. The SMILES string of the molecule is CC(C)CC(=O)N1CCN(C(C)(C)C)CC1. The first-order valence-corrected chi connectivity index (χ1v) is 6.33. The van der Waals surface area contributed by atoms with Crippen molar-refractivity contribution in [3.05, 3.63) is 0 Å². The Hall–Kier alpha value is -0.570. The molecule has 1 rings (SSSR count). The van der Waals surface area contributed by atoms with E-state index in [0.29, 0.717) is 18.2 Å². The molecule has 0 N–H and O–H groups in total. The standard InChI is InChI=1S/C13H26N2O/c1-11(2)10-12(16)14-6-8-15(9-7-14)13(3,4)5/h11H,6-10H2,1-5H3. The highest BCUT2D eigenvalue weighted by Gasteiger charge is 2.27. The predicted molar refractivity (Wildman–Crippen MR) is 67.4 cm³/mol. The van der Waals surface area contributed by atoms with Gasteiger partial charge in [0.1, 0.15) is 0 Å². The summed E-state index contributed by atoms with van der Waals surface area (Å²) in [5, 5.41) is 0. The molecule has 1 aliphatic heterocycles. The number of piperazine rings is 1. The summed E-state index contributed by atoms with van der Waals surface area (Å²) in [6.45, 7) is 14.7. The number of carbonyl (C=O) groups is 1. The number of hydrogen-bond donors (Lipinski definition) is 0. The van der Waals surface area contributed by atoms with Crippen LogP contribution in [0.3, 0.4) is 0 Å². The van der Waals surface area contributed by atoms with Crippen LogP contribution in [-0.4, -0.2) is 47.4 Å². The monoisotopic (exact) mass is 226 g/mol. The van der Waals surface area contributed by atoms with Gasteiger partial charge in [0.25, 0.3) is 0 Å². The first-order chi connectivity index (χ1) is 7.30. The van der Waals surface area contributed by atoms with Gasteiger partial charge in [-0.1, -0.05) is 13.8 Å². The van der Waals surface area contributed by atoms with Crippen molar-refractivity contribution in [3.8, 4) is 0 Å². The van der Waals surface area contributed by atoms with Crippen molar-refractivity contribution >= 4 is 5.91 Å². The molecule has 0 unspecified atom stereocenters. The maximum atomic E-state index is 11.9. The third-order valence-electron chi connectivity index (χ3n) is 3.16. The van der Waals surface area contributed by atoms with Gasteiger partial charge in [-0.25, -0.2) is 0 Å². The van der Waals surface area contributed by atoms with E-state index >= 15 is 0 Å². The fourth-order valence-electron chi connectivity index (χ4n) is 2.11. The van der Waals surface area contributed by atoms with E-state index in [1.165, 1.54) is 0 Å². The molecule has 0 aromatic rings. The van der Waals surface area contributed by atoms with Gasteiger partial charge < -0.3 is 4.90 Å². The average Bonchev–Trinajstić information content (AvgIpc) is 2.15. The van der Waals surface area contributed by atoms with Gasteiger partial charge in [-0.2, -0.15) is 0 Å². The van der Waals surface area contributed by atoms with Gasteiger partial charge in [0, 0.05) is 38.1 Å². The van der Waals surface area contributed by atoms with Gasteiger partial charge in [0.05, 0.1) is 0 Å². The minimum absolute atomic E-state index is 0.229. The third kappa shape index (κ3) is 3.78. The number of rotatable bonds is 2. The molecule has 0 aromatic heterocycles. The largest absolute Gasteiger partial charge is 0.340 e. The van der Waals surface area contributed by atoms with Gasteiger partial charge >= 0.3 is 0 Å². The van der Waals surface area contributed by atoms with Crippen LogP contribution in [-0.2, 0) is 4.79 Å². The topological polar surface area (TPSA) is 23.6 Å². The van der Waals surface area contributed by atoms with E-state index in [1.807, 2.05) is 4.90 Å². The Bertz CT molecular complexity index is 235. The Balaban J connectivity index is 2.40. The highest BCUT2D eigenvalue weighted by Crippen LogP contribution is 2.16. The minimum atomic E-state index is 0.229. The molecule has 16 heavy (non-hydrogen) atoms. The Labute approximate surface area is 99.8 Å². The van der Waals surface area contributed by atoms with E-state index in [0.717, 1.165) is 26.2 Å². The molecule has 1 heterocycles.